The Morgan fingerprint density at radius 3 is 2.55 bits per heavy atom. The summed E-state index contributed by atoms with van der Waals surface area (Å²) >= 11 is 0. The van der Waals surface area contributed by atoms with Crippen LogP contribution in [0, 0.1) is 13.8 Å². The molecule has 7 heteroatoms. The SMILES string of the molecule is Cc1cc(C)n(CCCN2CC[C@@H](N3CCN(c4ccccn4)CC3)[C@H](O)C2)n1. The van der Waals surface area contributed by atoms with E-state index in [0.29, 0.717) is 0 Å². The van der Waals surface area contributed by atoms with Crippen molar-refractivity contribution in [1.29, 1.82) is 0 Å². The summed E-state index contributed by atoms with van der Waals surface area (Å²) in [6.07, 6.45) is 3.71. The van der Waals surface area contributed by atoms with Gasteiger partial charge in [-0.2, -0.15) is 5.10 Å². The van der Waals surface area contributed by atoms with Gasteiger partial charge in [0.05, 0.1) is 11.8 Å². The number of β-amino-alcohol motifs (C(OH)–C–C–N with tert-alkyl or cyclic N) is 1. The van der Waals surface area contributed by atoms with Crippen LogP contribution in [0.25, 0.3) is 0 Å². The summed E-state index contributed by atoms with van der Waals surface area (Å²) < 4.78 is 2.10. The zero-order valence-electron chi connectivity index (χ0n) is 17.7. The largest absolute Gasteiger partial charge is 0.390 e. The van der Waals surface area contributed by atoms with Gasteiger partial charge in [0, 0.05) is 63.7 Å². The van der Waals surface area contributed by atoms with Crippen LogP contribution in [0.15, 0.2) is 30.5 Å². The Hall–Kier alpha value is -1.96. The van der Waals surface area contributed by atoms with Crippen LogP contribution in [0.2, 0.25) is 0 Å². The monoisotopic (exact) mass is 398 g/mol. The molecule has 2 aliphatic heterocycles. The fourth-order valence-electron chi connectivity index (χ4n) is 4.78. The van der Waals surface area contributed by atoms with E-state index in [-0.39, 0.29) is 12.1 Å². The van der Waals surface area contributed by atoms with Gasteiger partial charge in [0.1, 0.15) is 5.82 Å². The minimum atomic E-state index is -0.265. The van der Waals surface area contributed by atoms with Crippen molar-refractivity contribution in [3.8, 4) is 0 Å². The molecule has 7 nitrogen and oxygen atoms in total. The lowest BCUT2D eigenvalue weighted by atomic mass is 9.99. The molecule has 4 heterocycles. The molecule has 0 aromatic carbocycles. The van der Waals surface area contributed by atoms with Crippen molar-refractivity contribution >= 4 is 5.82 Å². The van der Waals surface area contributed by atoms with Crippen molar-refractivity contribution < 1.29 is 5.11 Å². The van der Waals surface area contributed by atoms with E-state index >= 15 is 0 Å². The highest BCUT2D eigenvalue weighted by Crippen LogP contribution is 2.21. The summed E-state index contributed by atoms with van der Waals surface area (Å²) in [6.45, 7) is 11.9. The number of aliphatic hydroxyl groups excluding tert-OH is 1. The first kappa shape index (κ1) is 20.3. The zero-order chi connectivity index (χ0) is 20.2. The average Bonchev–Trinajstić information content (AvgIpc) is 3.06. The summed E-state index contributed by atoms with van der Waals surface area (Å²) in [5, 5.41) is 15.4. The van der Waals surface area contributed by atoms with Gasteiger partial charge in [0.25, 0.3) is 0 Å². The summed E-state index contributed by atoms with van der Waals surface area (Å²) in [7, 11) is 0. The number of hydrogen-bond acceptors (Lipinski definition) is 6. The van der Waals surface area contributed by atoms with Gasteiger partial charge in [-0.25, -0.2) is 4.98 Å². The fraction of sp³-hybridized carbons (Fsp3) is 0.636. The van der Waals surface area contributed by atoms with E-state index in [1.165, 1.54) is 5.69 Å². The van der Waals surface area contributed by atoms with E-state index in [1.807, 2.05) is 25.3 Å². The van der Waals surface area contributed by atoms with Gasteiger partial charge >= 0.3 is 0 Å². The number of likely N-dealkylation sites (tertiary alicyclic amines) is 1. The van der Waals surface area contributed by atoms with Crippen LogP contribution in [0.4, 0.5) is 5.82 Å². The Morgan fingerprint density at radius 2 is 1.90 bits per heavy atom. The topological polar surface area (TPSA) is 60.7 Å². The number of pyridine rings is 1. The Kier molecular flexibility index (Phi) is 6.47. The first-order valence-corrected chi connectivity index (χ1v) is 10.9. The second-order valence-electron chi connectivity index (χ2n) is 8.44. The molecule has 0 radical (unpaired) electrons. The fourth-order valence-corrected chi connectivity index (χ4v) is 4.78. The Balaban J connectivity index is 1.21. The number of nitrogens with zero attached hydrogens (tertiary/aromatic N) is 6. The molecule has 0 unspecified atom stereocenters. The highest BCUT2D eigenvalue weighted by atomic mass is 16.3. The van der Waals surface area contributed by atoms with Crippen molar-refractivity contribution in [3.63, 3.8) is 0 Å². The lowest BCUT2D eigenvalue weighted by molar-refractivity contribution is -0.0153. The molecule has 0 amide bonds. The van der Waals surface area contributed by atoms with Gasteiger partial charge in [0.15, 0.2) is 0 Å². The second-order valence-corrected chi connectivity index (χ2v) is 8.44. The normalized spacial score (nSPS) is 24.2. The van der Waals surface area contributed by atoms with E-state index < -0.39 is 0 Å². The van der Waals surface area contributed by atoms with Crippen molar-refractivity contribution in [2.45, 2.75) is 45.4 Å². The van der Waals surface area contributed by atoms with Gasteiger partial charge in [0.2, 0.25) is 0 Å². The predicted octanol–water partition coefficient (Wildman–Crippen LogP) is 1.54. The highest BCUT2D eigenvalue weighted by molar-refractivity contribution is 5.38. The Labute approximate surface area is 173 Å². The summed E-state index contributed by atoms with van der Waals surface area (Å²) in [5.41, 5.74) is 2.31. The number of aryl methyl sites for hydroxylation is 3. The molecule has 2 fully saturated rings. The second kappa shape index (κ2) is 9.24. The number of piperazine rings is 1. The molecule has 158 valence electrons. The maximum absolute atomic E-state index is 10.8. The Bertz CT molecular complexity index is 771. The number of rotatable bonds is 6. The number of hydrogen-bond donors (Lipinski definition) is 1. The quantitative estimate of drug-likeness (QED) is 0.797. The lowest BCUT2D eigenvalue weighted by Crippen LogP contribution is -2.59. The molecule has 0 saturated carbocycles. The van der Waals surface area contributed by atoms with Gasteiger partial charge in [-0.3, -0.25) is 9.58 Å². The molecule has 29 heavy (non-hydrogen) atoms. The molecule has 0 bridgehead atoms. The standard InChI is InChI=1S/C22H34N6O/c1-18-16-19(2)28(24-18)10-5-9-25-11-7-20(21(29)17-25)26-12-14-27(15-13-26)22-6-3-4-8-23-22/h3-4,6,8,16,20-21,29H,5,7,9-15,17H2,1-2H3/t20-,21-/m1/s1. The lowest BCUT2D eigenvalue weighted by Gasteiger charge is -2.45. The first-order valence-electron chi connectivity index (χ1n) is 10.9. The number of anilines is 1. The molecule has 2 atom stereocenters. The summed E-state index contributed by atoms with van der Waals surface area (Å²) in [6, 6.07) is 8.50. The third kappa shape index (κ3) is 4.97. The predicted molar refractivity (Wildman–Crippen MR) is 115 cm³/mol. The number of aromatic nitrogens is 3. The van der Waals surface area contributed by atoms with Gasteiger partial charge in [-0.05, 0) is 51.4 Å². The van der Waals surface area contributed by atoms with Crippen molar-refractivity contribution in [1.82, 2.24) is 24.6 Å². The van der Waals surface area contributed by atoms with Gasteiger partial charge < -0.3 is 14.9 Å². The summed E-state index contributed by atoms with van der Waals surface area (Å²) in [5.74, 6) is 1.06. The minimum Gasteiger partial charge on any atom is -0.390 e. The highest BCUT2D eigenvalue weighted by Gasteiger charge is 2.33. The van der Waals surface area contributed by atoms with Crippen LogP contribution < -0.4 is 4.90 Å². The molecule has 4 rings (SSSR count). The molecule has 1 N–H and O–H groups in total. The van der Waals surface area contributed by atoms with E-state index in [1.54, 1.807) is 0 Å². The smallest absolute Gasteiger partial charge is 0.128 e. The van der Waals surface area contributed by atoms with Crippen molar-refractivity contribution in [2.75, 3.05) is 50.7 Å². The van der Waals surface area contributed by atoms with E-state index in [0.717, 1.165) is 76.7 Å². The molecular formula is C22H34N6O. The minimum absolute atomic E-state index is 0.265. The number of aliphatic hydroxyl groups is 1. The molecule has 2 aromatic rings. The zero-order valence-corrected chi connectivity index (χ0v) is 17.7. The molecule has 0 spiro atoms. The van der Waals surface area contributed by atoms with Crippen LogP contribution in [0.5, 0.6) is 0 Å². The van der Waals surface area contributed by atoms with Crippen molar-refractivity contribution in [2.24, 2.45) is 0 Å². The molecule has 2 aliphatic rings. The van der Waals surface area contributed by atoms with Crippen LogP contribution in [0.3, 0.4) is 0 Å². The van der Waals surface area contributed by atoms with Crippen molar-refractivity contribution in [3.05, 3.63) is 41.9 Å². The molecule has 2 saturated heterocycles. The molecule has 2 aromatic heterocycles. The van der Waals surface area contributed by atoms with Crippen LogP contribution in [-0.4, -0.2) is 87.6 Å². The summed E-state index contributed by atoms with van der Waals surface area (Å²) in [4.78, 5) is 11.7. The molecule has 0 aliphatic carbocycles. The maximum atomic E-state index is 10.8. The first-order chi connectivity index (χ1) is 14.1. The van der Waals surface area contributed by atoms with Crippen LogP contribution >= 0.6 is 0 Å². The van der Waals surface area contributed by atoms with Gasteiger partial charge in [-0.1, -0.05) is 6.07 Å². The third-order valence-electron chi connectivity index (χ3n) is 6.33. The third-order valence-corrected chi connectivity index (χ3v) is 6.33. The average molecular weight is 399 g/mol. The van der Waals surface area contributed by atoms with E-state index in [4.69, 9.17) is 0 Å². The van der Waals surface area contributed by atoms with Crippen LogP contribution in [-0.2, 0) is 6.54 Å². The van der Waals surface area contributed by atoms with E-state index in [2.05, 4.69) is 48.5 Å². The maximum Gasteiger partial charge on any atom is 0.128 e. The number of piperidine rings is 1. The molecular weight excluding hydrogens is 364 g/mol. The van der Waals surface area contributed by atoms with Crippen LogP contribution in [0.1, 0.15) is 24.2 Å². The Morgan fingerprint density at radius 1 is 1.07 bits per heavy atom. The van der Waals surface area contributed by atoms with E-state index in [9.17, 15) is 5.11 Å². The van der Waals surface area contributed by atoms with Gasteiger partial charge in [-0.15, -0.1) is 0 Å².